The van der Waals surface area contributed by atoms with Crippen LogP contribution in [0.4, 0.5) is 22.0 Å². The highest BCUT2D eigenvalue weighted by Gasteiger charge is 2.79. The van der Waals surface area contributed by atoms with Gasteiger partial charge in [-0.05, 0) is 79.6 Å². The lowest BCUT2D eigenvalue weighted by Crippen LogP contribution is -2.65. The SMILES string of the molecule is CCC(=Cc1ccc([C@H]2C[C@@]3(C)[C@@H](CC[C@@]3(O)C(F)(F)C(F)(F)F)[C@@H]3CC[C@@]4(O)CC5(CCC4=C32)OCC(C)(C)CO5)cc1)C(=O)O. The van der Waals surface area contributed by atoms with Crippen LogP contribution in [0.15, 0.2) is 41.0 Å². The molecule has 1 spiro atoms. The van der Waals surface area contributed by atoms with E-state index in [4.69, 9.17) is 9.47 Å². The second kappa shape index (κ2) is 11.1. The average molecular weight is 669 g/mol. The molecule has 5 aliphatic rings. The molecule has 3 saturated carbocycles. The maximum atomic E-state index is 15.3. The van der Waals surface area contributed by atoms with Crippen molar-refractivity contribution in [2.45, 2.75) is 120 Å². The van der Waals surface area contributed by atoms with Crippen LogP contribution in [-0.4, -0.2) is 63.6 Å². The summed E-state index contributed by atoms with van der Waals surface area (Å²) < 4.78 is 85.0. The summed E-state index contributed by atoms with van der Waals surface area (Å²) in [7, 11) is 0. The first-order valence-electron chi connectivity index (χ1n) is 16.7. The van der Waals surface area contributed by atoms with Crippen molar-refractivity contribution in [3.05, 3.63) is 52.1 Å². The van der Waals surface area contributed by atoms with E-state index < -0.39 is 64.6 Å². The Bertz CT molecular complexity index is 1470. The zero-order chi connectivity index (χ0) is 34.4. The fourth-order valence-corrected chi connectivity index (χ4v) is 9.65. The molecule has 0 aromatic heterocycles. The monoisotopic (exact) mass is 668 g/mol. The number of halogens is 5. The number of allylic oxidation sites excluding steroid dienone is 1. The van der Waals surface area contributed by atoms with Crippen LogP contribution in [0.1, 0.15) is 103 Å². The Hall–Kier alpha value is -2.34. The summed E-state index contributed by atoms with van der Waals surface area (Å²) in [6.45, 7) is 8.12. The van der Waals surface area contributed by atoms with Crippen LogP contribution in [-0.2, 0) is 14.3 Å². The van der Waals surface area contributed by atoms with E-state index in [2.05, 4.69) is 0 Å². The van der Waals surface area contributed by atoms with Crippen molar-refractivity contribution < 1.29 is 51.5 Å². The predicted molar refractivity (Wildman–Crippen MR) is 163 cm³/mol. The number of fused-ring (bicyclic) bond motifs is 4. The lowest BCUT2D eigenvalue weighted by molar-refractivity contribution is -0.362. The summed E-state index contributed by atoms with van der Waals surface area (Å²) >= 11 is 0. The van der Waals surface area contributed by atoms with Gasteiger partial charge < -0.3 is 24.8 Å². The van der Waals surface area contributed by atoms with E-state index in [1.807, 2.05) is 13.8 Å². The summed E-state index contributed by atoms with van der Waals surface area (Å²) in [6, 6.07) is 6.93. The zero-order valence-corrected chi connectivity index (χ0v) is 27.4. The first-order chi connectivity index (χ1) is 21.7. The van der Waals surface area contributed by atoms with Crippen molar-refractivity contribution in [3.8, 4) is 0 Å². The van der Waals surface area contributed by atoms with Gasteiger partial charge in [-0.25, -0.2) is 4.79 Å². The Balaban J connectivity index is 1.45. The van der Waals surface area contributed by atoms with E-state index in [1.54, 1.807) is 37.3 Å². The number of benzene rings is 1. The van der Waals surface area contributed by atoms with Gasteiger partial charge in [-0.1, -0.05) is 57.5 Å². The van der Waals surface area contributed by atoms with Gasteiger partial charge in [-0.15, -0.1) is 0 Å². The van der Waals surface area contributed by atoms with E-state index in [1.165, 1.54) is 6.92 Å². The number of alkyl halides is 5. The van der Waals surface area contributed by atoms with Crippen LogP contribution in [0.2, 0.25) is 0 Å². The molecule has 6 rings (SSSR count). The van der Waals surface area contributed by atoms with Crippen LogP contribution in [0.25, 0.3) is 6.08 Å². The topological polar surface area (TPSA) is 96.2 Å². The molecule has 1 saturated heterocycles. The van der Waals surface area contributed by atoms with Crippen molar-refractivity contribution in [1.29, 1.82) is 0 Å². The molecular weight excluding hydrogens is 623 g/mol. The number of hydrogen-bond donors (Lipinski definition) is 3. The van der Waals surface area contributed by atoms with E-state index >= 15 is 8.78 Å². The van der Waals surface area contributed by atoms with E-state index in [0.717, 1.165) is 11.1 Å². The molecule has 1 aliphatic heterocycles. The van der Waals surface area contributed by atoms with Gasteiger partial charge in [0.2, 0.25) is 0 Å². The van der Waals surface area contributed by atoms with Gasteiger partial charge in [0.05, 0.1) is 18.8 Å². The van der Waals surface area contributed by atoms with E-state index in [0.29, 0.717) is 50.0 Å². The molecule has 47 heavy (non-hydrogen) atoms. The molecule has 6 nitrogen and oxygen atoms in total. The molecule has 0 bridgehead atoms. The third-order valence-corrected chi connectivity index (χ3v) is 12.2. The van der Waals surface area contributed by atoms with Gasteiger partial charge in [0.1, 0.15) is 5.60 Å². The maximum Gasteiger partial charge on any atom is 0.456 e. The molecule has 3 N–H and O–H groups in total. The number of rotatable bonds is 5. The standard InChI is InChI=1S/C36H45F5O6/c1-5-22(29(42)43)16-21-6-8-23(9-7-21)25-17-31(4)26(12-15-34(31,45)35(37,38)36(39,40)41)24-10-13-32(44)18-33(14-11-27(32)28(24)25)46-19-30(2,3)20-47-33/h6-9,16,24-26,44-45H,5,10-15,17-20H2,1-4H3,(H,42,43)/t24-,25+,26-,31-,32+,34-/m0/s1. The minimum absolute atomic E-state index is 0.00915. The van der Waals surface area contributed by atoms with Crippen molar-refractivity contribution >= 4 is 12.0 Å². The largest absolute Gasteiger partial charge is 0.478 e. The van der Waals surface area contributed by atoms with Crippen LogP contribution in [0.3, 0.4) is 0 Å². The van der Waals surface area contributed by atoms with Crippen LogP contribution < -0.4 is 0 Å². The molecule has 4 fully saturated rings. The predicted octanol–water partition coefficient (Wildman–Crippen LogP) is 7.79. The fourth-order valence-electron chi connectivity index (χ4n) is 9.65. The van der Waals surface area contributed by atoms with Crippen molar-refractivity contribution in [2.75, 3.05) is 13.2 Å². The van der Waals surface area contributed by atoms with Crippen molar-refractivity contribution in [1.82, 2.24) is 0 Å². The highest BCUT2D eigenvalue weighted by Crippen LogP contribution is 2.71. The van der Waals surface area contributed by atoms with E-state index in [-0.39, 0.29) is 36.7 Å². The highest BCUT2D eigenvalue weighted by molar-refractivity contribution is 5.92. The number of hydrogen-bond acceptors (Lipinski definition) is 5. The second-order valence-electron chi connectivity index (χ2n) is 15.7. The first-order valence-corrected chi connectivity index (χ1v) is 16.7. The normalized spacial score (nSPS) is 36.9. The third kappa shape index (κ3) is 5.29. The Morgan fingerprint density at radius 1 is 0.979 bits per heavy atom. The summed E-state index contributed by atoms with van der Waals surface area (Å²) in [5.41, 5.74) is -3.45. The first kappa shape index (κ1) is 34.5. The minimum Gasteiger partial charge on any atom is -0.478 e. The average Bonchev–Trinajstić information content (AvgIpc) is 3.27. The van der Waals surface area contributed by atoms with Crippen LogP contribution in [0.5, 0.6) is 0 Å². The Labute approximate surface area is 272 Å². The number of carbonyl (C=O) groups is 1. The summed E-state index contributed by atoms with van der Waals surface area (Å²) in [5.74, 6) is -9.04. The molecule has 0 radical (unpaired) electrons. The summed E-state index contributed by atoms with van der Waals surface area (Å²) in [5, 5.41) is 33.3. The van der Waals surface area contributed by atoms with Crippen LogP contribution in [0, 0.1) is 22.7 Å². The molecule has 4 aliphatic carbocycles. The number of aliphatic carboxylic acids is 1. The maximum absolute atomic E-state index is 15.3. The van der Waals surface area contributed by atoms with Gasteiger partial charge in [0, 0.05) is 35.2 Å². The van der Waals surface area contributed by atoms with Crippen molar-refractivity contribution in [3.63, 3.8) is 0 Å². The summed E-state index contributed by atoms with van der Waals surface area (Å²) in [4.78, 5) is 11.6. The minimum atomic E-state index is -5.93. The molecule has 0 amide bonds. The van der Waals surface area contributed by atoms with Gasteiger partial charge in [0.15, 0.2) is 5.79 Å². The quantitative estimate of drug-likeness (QED) is 0.169. The second-order valence-corrected chi connectivity index (χ2v) is 15.7. The molecular formula is C36H45F5O6. The number of carboxylic acid groups (broad SMARTS) is 1. The fraction of sp³-hybridized carbons (Fsp3) is 0.694. The molecule has 0 unspecified atom stereocenters. The molecule has 260 valence electrons. The molecule has 11 heteroatoms. The Morgan fingerprint density at radius 2 is 1.62 bits per heavy atom. The molecule has 1 aromatic rings. The lowest BCUT2D eigenvalue weighted by Gasteiger charge is -2.59. The van der Waals surface area contributed by atoms with Gasteiger partial charge >= 0.3 is 18.1 Å². The number of carboxylic acids is 1. The Morgan fingerprint density at radius 3 is 2.19 bits per heavy atom. The van der Waals surface area contributed by atoms with E-state index in [9.17, 15) is 33.3 Å². The molecule has 6 atom stereocenters. The summed E-state index contributed by atoms with van der Waals surface area (Å²) in [6.07, 6.45) is -3.19. The Kier molecular flexibility index (Phi) is 8.14. The van der Waals surface area contributed by atoms with Gasteiger partial charge in [-0.3, -0.25) is 0 Å². The van der Waals surface area contributed by atoms with Crippen LogP contribution >= 0.6 is 0 Å². The van der Waals surface area contributed by atoms with Gasteiger partial charge in [-0.2, -0.15) is 22.0 Å². The number of ether oxygens (including phenoxy) is 2. The zero-order valence-electron chi connectivity index (χ0n) is 27.4. The molecule has 1 heterocycles. The smallest absolute Gasteiger partial charge is 0.456 e. The van der Waals surface area contributed by atoms with Gasteiger partial charge in [0.25, 0.3) is 0 Å². The third-order valence-electron chi connectivity index (χ3n) is 12.2. The number of aliphatic hydroxyl groups is 2. The lowest BCUT2D eigenvalue weighted by atomic mass is 9.49. The highest BCUT2D eigenvalue weighted by atomic mass is 19.4. The van der Waals surface area contributed by atoms with Crippen molar-refractivity contribution in [2.24, 2.45) is 22.7 Å². The molecule has 1 aromatic carbocycles.